The molecule has 1 aromatic rings. The van der Waals surface area contributed by atoms with Gasteiger partial charge in [-0.3, -0.25) is 4.79 Å². The van der Waals surface area contributed by atoms with Crippen LogP contribution < -0.4 is 0 Å². The molecule has 0 aliphatic heterocycles. The standard InChI is InChI=1S/C11H12BrN3O/c12-8-6-10(14-7-8)11(16)15(5-1-4-13)9-2-3-9/h6-7,9,14H,1-3,5H2. The van der Waals surface area contributed by atoms with Crippen molar-refractivity contribution < 1.29 is 4.79 Å². The average molecular weight is 282 g/mol. The summed E-state index contributed by atoms with van der Waals surface area (Å²) < 4.78 is 0.867. The second-order valence-corrected chi connectivity index (χ2v) is 4.79. The van der Waals surface area contributed by atoms with Crippen LogP contribution in [0.2, 0.25) is 0 Å². The summed E-state index contributed by atoms with van der Waals surface area (Å²) in [6.07, 6.45) is 4.24. The fraction of sp³-hybridized carbons (Fsp3) is 0.455. The van der Waals surface area contributed by atoms with Crippen LogP contribution in [0.1, 0.15) is 29.8 Å². The summed E-state index contributed by atoms with van der Waals surface area (Å²) >= 11 is 3.30. The van der Waals surface area contributed by atoms with Gasteiger partial charge in [-0.25, -0.2) is 0 Å². The van der Waals surface area contributed by atoms with Gasteiger partial charge in [0.25, 0.3) is 5.91 Å². The average Bonchev–Trinajstić information content (AvgIpc) is 3.01. The third-order valence-electron chi connectivity index (χ3n) is 2.59. The van der Waals surface area contributed by atoms with Crippen molar-refractivity contribution in [2.75, 3.05) is 6.54 Å². The first-order chi connectivity index (χ1) is 7.72. The van der Waals surface area contributed by atoms with E-state index in [2.05, 4.69) is 27.0 Å². The van der Waals surface area contributed by atoms with Crippen LogP contribution in [0, 0.1) is 11.3 Å². The Hall–Kier alpha value is -1.28. The Morgan fingerprint density at radius 2 is 2.44 bits per heavy atom. The molecular weight excluding hydrogens is 270 g/mol. The predicted molar refractivity (Wildman–Crippen MR) is 62.8 cm³/mol. The highest BCUT2D eigenvalue weighted by atomic mass is 79.9. The molecule has 1 fully saturated rings. The molecule has 2 rings (SSSR count). The van der Waals surface area contributed by atoms with Gasteiger partial charge in [-0.15, -0.1) is 0 Å². The zero-order valence-corrected chi connectivity index (χ0v) is 10.3. The van der Waals surface area contributed by atoms with E-state index in [4.69, 9.17) is 5.26 Å². The molecule has 1 aliphatic rings. The van der Waals surface area contributed by atoms with Crippen molar-refractivity contribution >= 4 is 21.8 Å². The lowest BCUT2D eigenvalue weighted by Gasteiger charge is -2.20. The van der Waals surface area contributed by atoms with Gasteiger partial charge < -0.3 is 9.88 Å². The molecular formula is C11H12BrN3O. The summed E-state index contributed by atoms with van der Waals surface area (Å²) in [5.74, 6) is -0.0107. The quantitative estimate of drug-likeness (QED) is 0.921. The lowest BCUT2D eigenvalue weighted by molar-refractivity contribution is 0.0741. The molecule has 0 spiro atoms. The normalized spacial score (nSPS) is 14.5. The molecule has 5 heteroatoms. The van der Waals surface area contributed by atoms with Crippen molar-refractivity contribution in [3.05, 3.63) is 22.4 Å². The molecule has 16 heavy (non-hydrogen) atoms. The minimum absolute atomic E-state index is 0.0107. The van der Waals surface area contributed by atoms with Crippen LogP contribution in [0.3, 0.4) is 0 Å². The second-order valence-electron chi connectivity index (χ2n) is 3.87. The van der Waals surface area contributed by atoms with Crippen LogP contribution in [-0.2, 0) is 0 Å². The van der Waals surface area contributed by atoms with Gasteiger partial charge >= 0.3 is 0 Å². The van der Waals surface area contributed by atoms with Gasteiger partial charge in [0, 0.05) is 23.3 Å². The van der Waals surface area contributed by atoms with Crippen molar-refractivity contribution in [1.29, 1.82) is 5.26 Å². The van der Waals surface area contributed by atoms with E-state index in [1.807, 2.05) is 0 Å². The van der Waals surface area contributed by atoms with Gasteiger partial charge in [-0.2, -0.15) is 5.26 Å². The van der Waals surface area contributed by atoms with E-state index in [9.17, 15) is 4.79 Å². The van der Waals surface area contributed by atoms with E-state index in [0.717, 1.165) is 17.3 Å². The third kappa shape index (κ3) is 2.45. The number of carbonyl (C=O) groups excluding carboxylic acids is 1. The van der Waals surface area contributed by atoms with Crippen molar-refractivity contribution in [2.45, 2.75) is 25.3 Å². The second kappa shape index (κ2) is 4.71. The number of hydrogen-bond donors (Lipinski definition) is 1. The summed E-state index contributed by atoms with van der Waals surface area (Å²) in [7, 11) is 0. The molecule has 0 bridgehead atoms. The maximum absolute atomic E-state index is 12.1. The highest BCUT2D eigenvalue weighted by Gasteiger charge is 2.33. The Balaban J connectivity index is 2.08. The van der Waals surface area contributed by atoms with Gasteiger partial charge in [0.15, 0.2) is 0 Å². The maximum atomic E-state index is 12.1. The molecule has 84 valence electrons. The van der Waals surface area contributed by atoms with Gasteiger partial charge in [-0.05, 0) is 34.8 Å². The molecule has 0 unspecified atom stereocenters. The molecule has 0 radical (unpaired) electrons. The SMILES string of the molecule is N#CCCN(C(=O)c1cc(Br)c[nH]1)C1CC1. The van der Waals surface area contributed by atoms with Gasteiger partial charge in [0.2, 0.25) is 0 Å². The van der Waals surface area contributed by atoms with Gasteiger partial charge in [0.1, 0.15) is 5.69 Å². The van der Waals surface area contributed by atoms with Crippen LogP contribution in [0.4, 0.5) is 0 Å². The smallest absolute Gasteiger partial charge is 0.270 e. The van der Waals surface area contributed by atoms with E-state index >= 15 is 0 Å². The van der Waals surface area contributed by atoms with Crippen molar-refractivity contribution in [2.24, 2.45) is 0 Å². The topological polar surface area (TPSA) is 59.9 Å². The summed E-state index contributed by atoms with van der Waals surface area (Å²) in [5.41, 5.74) is 0.580. The number of nitrogens with one attached hydrogen (secondary N) is 1. The summed E-state index contributed by atoms with van der Waals surface area (Å²) in [5, 5.41) is 8.57. The Morgan fingerprint density at radius 1 is 1.69 bits per heavy atom. The lowest BCUT2D eigenvalue weighted by Crippen LogP contribution is -2.34. The van der Waals surface area contributed by atoms with Crippen LogP contribution in [0.25, 0.3) is 0 Å². The maximum Gasteiger partial charge on any atom is 0.270 e. The Bertz CT molecular complexity index is 431. The van der Waals surface area contributed by atoms with Crippen LogP contribution in [0.15, 0.2) is 16.7 Å². The van der Waals surface area contributed by atoms with E-state index in [1.165, 1.54) is 0 Å². The number of nitriles is 1. The minimum atomic E-state index is -0.0107. The first kappa shape index (κ1) is 11.2. The first-order valence-electron chi connectivity index (χ1n) is 5.24. The number of halogens is 1. The first-order valence-corrected chi connectivity index (χ1v) is 6.03. The van der Waals surface area contributed by atoms with Crippen LogP contribution >= 0.6 is 15.9 Å². The number of carbonyl (C=O) groups is 1. The lowest BCUT2D eigenvalue weighted by atomic mass is 10.3. The zero-order chi connectivity index (χ0) is 11.5. The van der Waals surface area contributed by atoms with E-state index < -0.39 is 0 Å². The number of H-pyrrole nitrogens is 1. The van der Waals surface area contributed by atoms with Crippen molar-refractivity contribution in [3.8, 4) is 6.07 Å². The molecule has 1 amide bonds. The number of amides is 1. The third-order valence-corrected chi connectivity index (χ3v) is 3.05. The number of aromatic amines is 1. The monoisotopic (exact) mass is 281 g/mol. The zero-order valence-electron chi connectivity index (χ0n) is 8.74. The molecule has 0 aromatic carbocycles. The van der Waals surface area contributed by atoms with Crippen LogP contribution in [-0.4, -0.2) is 28.4 Å². The summed E-state index contributed by atoms with van der Waals surface area (Å²) in [4.78, 5) is 16.8. The van der Waals surface area contributed by atoms with Gasteiger partial charge in [-0.1, -0.05) is 0 Å². The molecule has 1 N–H and O–H groups in total. The van der Waals surface area contributed by atoms with Crippen molar-refractivity contribution in [1.82, 2.24) is 9.88 Å². The Labute approximate surface area is 102 Å². The molecule has 0 saturated heterocycles. The fourth-order valence-corrected chi connectivity index (χ4v) is 2.00. The summed E-state index contributed by atoms with van der Waals surface area (Å²) in [6, 6.07) is 4.18. The number of nitrogens with zero attached hydrogens (tertiary/aromatic N) is 2. The Kier molecular flexibility index (Phi) is 3.30. The Morgan fingerprint density at radius 3 is 2.94 bits per heavy atom. The molecule has 1 aliphatic carbocycles. The fourth-order valence-electron chi connectivity index (χ4n) is 1.65. The van der Waals surface area contributed by atoms with E-state index in [0.29, 0.717) is 24.7 Å². The largest absolute Gasteiger partial charge is 0.356 e. The van der Waals surface area contributed by atoms with E-state index in [1.54, 1.807) is 17.2 Å². The highest BCUT2D eigenvalue weighted by molar-refractivity contribution is 9.10. The van der Waals surface area contributed by atoms with Crippen LogP contribution in [0.5, 0.6) is 0 Å². The highest BCUT2D eigenvalue weighted by Crippen LogP contribution is 2.28. The summed E-state index contributed by atoms with van der Waals surface area (Å²) in [6.45, 7) is 0.524. The molecule has 0 atom stereocenters. The number of aromatic nitrogens is 1. The molecule has 1 saturated carbocycles. The molecule has 4 nitrogen and oxygen atoms in total. The molecule has 1 aromatic heterocycles. The minimum Gasteiger partial charge on any atom is -0.356 e. The number of hydrogen-bond acceptors (Lipinski definition) is 2. The predicted octanol–water partition coefficient (Wildman–Crippen LogP) is 2.30. The van der Waals surface area contributed by atoms with Gasteiger partial charge in [0.05, 0.1) is 12.5 Å². The number of rotatable bonds is 4. The van der Waals surface area contributed by atoms with Crippen molar-refractivity contribution in [3.63, 3.8) is 0 Å². The molecule has 1 heterocycles. The van der Waals surface area contributed by atoms with E-state index in [-0.39, 0.29) is 5.91 Å².